The minimum Gasteiger partial charge on any atom is -0.391 e. The van der Waals surface area contributed by atoms with Crippen LogP contribution in [0.15, 0.2) is 73.3 Å². The Kier molecular flexibility index (Phi) is 4.07. The van der Waals surface area contributed by atoms with Gasteiger partial charge in [0.25, 0.3) is 0 Å². The fourth-order valence-electron chi connectivity index (χ4n) is 3.59. The summed E-state index contributed by atoms with van der Waals surface area (Å²) < 4.78 is 30.1. The van der Waals surface area contributed by atoms with Gasteiger partial charge in [-0.2, -0.15) is 0 Å². The highest BCUT2D eigenvalue weighted by Crippen LogP contribution is 2.30. The molecule has 0 aliphatic heterocycles. The zero-order valence-corrected chi connectivity index (χ0v) is 15.2. The maximum atomic E-state index is 14.6. The molecule has 0 saturated carbocycles. The standard InChI is InChI=1S/C23H15F2N3O/c24-20-6-5-17(23(25)19(20)13-29)15-4-7-22-27-21(12-28(22)11-15)18-3-1-2-14-10-26-9-8-16(14)18/h1-12,29H,13H2. The third-order valence-corrected chi connectivity index (χ3v) is 5.06. The van der Waals surface area contributed by atoms with Gasteiger partial charge in [0.05, 0.1) is 12.3 Å². The minimum absolute atomic E-state index is 0.226. The summed E-state index contributed by atoms with van der Waals surface area (Å²) in [6.07, 6.45) is 7.18. The van der Waals surface area contributed by atoms with Gasteiger partial charge in [-0.3, -0.25) is 4.98 Å². The number of nitrogens with zero attached hydrogens (tertiary/aromatic N) is 3. The second kappa shape index (κ2) is 6.76. The Morgan fingerprint density at radius 3 is 2.69 bits per heavy atom. The van der Waals surface area contributed by atoms with Crippen molar-refractivity contribution < 1.29 is 13.9 Å². The van der Waals surface area contributed by atoms with Crippen LogP contribution in [-0.2, 0) is 6.61 Å². The van der Waals surface area contributed by atoms with E-state index in [0.717, 1.165) is 28.1 Å². The SMILES string of the molecule is OCc1c(F)ccc(-c2ccc3nc(-c4cccc5cnccc45)cn3c2)c1F. The second-order valence-corrected chi connectivity index (χ2v) is 6.76. The van der Waals surface area contributed by atoms with Crippen molar-refractivity contribution in [1.29, 1.82) is 0 Å². The number of rotatable bonds is 3. The van der Waals surface area contributed by atoms with E-state index in [2.05, 4.69) is 9.97 Å². The summed E-state index contributed by atoms with van der Waals surface area (Å²) in [5, 5.41) is 11.3. The molecule has 142 valence electrons. The van der Waals surface area contributed by atoms with Gasteiger partial charge in [-0.15, -0.1) is 0 Å². The summed E-state index contributed by atoms with van der Waals surface area (Å²) >= 11 is 0. The quantitative estimate of drug-likeness (QED) is 0.475. The number of benzene rings is 2. The van der Waals surface area contributed by atoms with E-state index in [1.807, 2.05) is 41.1 Å². The molecule has 0 fully saturated rings. The van der Waals surface area contributed by atoms with Gasteiger partial charge in [0.15, 0.2) is 0 Å². The summed E-state index contributed by atoms with van der Waals surface area (Å²) in [6, 6.07) is 14.0. The molecule has 4 nitrogen and oxygen atoms in total. The Morgan fingerprint density at radius 1 is 0.931 bits per heavy atom. The number of halogens is 2. The lowest BCUT2D eigenvalue weighted by Crippen LogP contribution is -1.98. The van der Waals surface area contributed by atoms with Gasteiger partial charge in [0.2, 0.25) is 0 Å². The van der Waals surface area contributed by atoms with Crippen LogP contribution in [0.2, 0.25) is 0 Å². The van der Waals surface area contributed by atoms with Crippen LogP contribution in [-0.4, -0.2) is 19.5 Å². The average Bonchev–Trinajstić information content (AvgIpc) is 3.17. The average molecular weight is 387 g/mol. The van der Waals surface area contributed by atoms with Gasteiger partial charge in [-0.1, -0.05) is 18.2 Å². The van der Waals surface area contributed by atoms with Crippen LogP contribution in [0.3, 0.4) is 0 Å². The van der Waals surface area contributed by atoms with Gasteiger partial charge in [0.1, 0.15) is 17.3 Å². The molecule has 5 rings (SSSR count). The van der Waals surface area contributed by atoms with Crippen LogP contribution < -0.4 is 0 Å². The van der Waals surface area contributed by atoms with Crippen molar-refractivity contribution in [1.82, 2.24) is 14.4 Å². The number of fused-ring (bicyclic) bond motifs is 2. The van der Waals surface area contributed by atoms with Gasteiger partial charge < -0.3 is 9.51 Å². The van der Waals surface area contributed by atoms with Crippen LogP contribution >= 0.6 is 0 Å². The number of aliphatic hydroxyl groups excluding tert-OH is 1. The molecule has 6 heteroatoms. The smallest absolute Gasteiger partial charge is 0.139 e. The highest BCUT2D eigenvalue weighted by atomic mass is 19.1. The molecule has 0 aliphatic rings. The Bertz CT molecular complexity index is 1370. The van der Waals surface area contributed by atoms with Crippen LogP contribution in [0.5, 0.6) is 0 Å². The maximum Gasteiger partial charge on any atom is 0.139 e. The summed E-state index contributed by atoms with van der Waals surface area (Å²) in [5.41, 5.74) is 2.93. The van der Waals surface area contributed by atoms with E-state index < -0.39 is 18.2 Å². The highest BCUT2D eigenvalue weighted by Gasteiger charge is 2.15. The molecule has 0 aliphatic carbocycles. The number of hydrogen-bond acceptors (Lipinski definition) is 3. The molecule has 3 aromatic heterocycles. The van der Waals surface area contributed by atoms with Crippen molar-refractivity contribution in [3.63, 3.8) is 0 Å². The van der Waals surface area contributed by atoms with Crippen LogP contribution in [0.1, 0.15) is 5.56 Å². The lowest BCUT2D eigenvalue weighted by atomic mass is 10.0. The van der Waals surface area contributed by atoms with E-state index in [4.69, 9.17) is 0 Å². The molecular formula is C23H15F2N3O. The molecule has 2 aromatic carbocycles. The lowest BCUT2D eigenvalue weighted by Gasteiger charge is -2.08. The van der Waals surface area contributed by atoms with Crippen molar-refractivity contribution in [2.75, 3.05) is 0 Å². The summed E-state index contributed by atoms with van der Waals surface area (Å²) in [6.45, 7) is -0.696. The number of pyridine rings is 2. The first kappa shape index (κ1) is 17.5. The van der Waals surface area contributed by atoms with Crippen molar-refractivity contribution in [3.05, 3.63) is 90.5 Å². The molecule has 0 spiro atoms. The molecule has 0 bridgehead atoms. The number of imidazole rings is 1. The fraction of sp³-hybridized carbons (Fsp3) is 0.0435. The number of hydrogen-bond donors (Lipinski definition) is 1. The largest absolute Gasteiger partial charge is 0.391 e. The van der Waals surface area contributed by atoms with E-state index in [1.54, 1.807) is 24.5 Å². The zero-order chi connectivity index (χ0) is 20.0. The molecule has 0 amide bonds. The van der Waals surface area contributed by atoms with Crippen molar-refractivity contribution in [3.8, 4) is 22.4 Å². The summed E-state index contributed by atoms with van der Waals surface area (Å²) in [5.74, 6) is -1.51. The highest BCUT2D eigenvalue weighted by molar-refractivity contribution is 5.95. The van der Waals surface area contributed by atoms with Gasteiger partial charge >= 0.3 is 0 Å². The molecule has 29 heavy (non-hydrogen) atoms. The van der Waals surface area contributed by atoms with Gasteiger partial charge in [-0.25, -0.2) is 13.8 Å². The normalized spacial score (nSPS) is 11.4. The second-order valence-electron chi connectivity index (χ2n) is 6.76. The fourth-order valence-corrected chi connectivity index (χ4v) is 3.59. The number of aromatic nitrogens is 3. The molecular weight excluding hydrogens is 372 g/mol. The Morgan fingerprint density at radius 2 is 1.83 bits per heavy atom. The lowest BCUT2D eigenvalue weighted by molar-refractivity contribution is 0.269. The zero-order valence-electron chi connectivity index (χ0n) is 15.2. The predicted molar refractivity (Wildman–Crippen MR) is 107 cm³/mol. The van der Waals surface area contributed by atoms with Crippen molar-refractivity contribution >= 4 is 16.4 Å². The molecule has 5 aromatic rings. The Labute approximate surface area is 164 Å². The topological polar surface area (TPSA) is 50.4 Å². The third-order valence-electron chi connectivity index (χ3n) is 5.06. The van der Waals surface area contributed by atoms with Gasteiger partial charge in [-0.05, 0) is 35.7 Å². The molecule has 0 saturated heterocycles. The molecule has 1 N–H and O–H groups in total. The van der Waals surface area contributed by atoms with Crippen LogP contribution in [0.25, 0.3) is 38.8 Å². The first-order valence-corrected chi connectivity index (χ1v) is 9.05. The van der Waals surface area contributed by atoms with Crippen molar-refractivity contribution in [2.45, 2.75) is 6.61 Å². The first-order chi connectivity index (χ1) is 14.2. The van der Waals surface area contributed by atoms with Crippen molar-refractivity contribution in [2.24, 2.45) is 0 Å². The number of aliphatic hydroxyl groups is 1. The van der Waals surface area contributed by atoms with E-state index in [0.29, 0.717) is 11.2 Å². The minimum atomic E-state index is -0.759. The van der Waals surface area contributed by atoms with Crippen LogP contribution in [0.4, 0.5) is 8.78 Å². The van der Waals surface area contributed by atoms with Crippen LogP contribution in [0, 0.1) is 11.6 Å². The third kappa shape index (κ3) is 2.85. The molecule has 0 radical (unpaired) electrons. The van der Waals surface area contributed by atoms with E-state index in [9.17, 15) is 13.9 Å². The summed E-state index contributed by atoms with van der Waals surface area (Å²) in [4.78, 5) is 8.85. The monoisotopic (exact) mass is 387 g/mol. The van der Waals surface area contributed by atoms with Gasteiger partial charge in [0, 0.05) is 52.4 Å². The first-order valence-electron chi connectivity index (χ1n) is 9.05. The van der Waals surface area contributed by atoms with E-state index in [1.165, 1.54) is 6.07 Å². The Balaban J connectivity index is 1.65. The van der Waals surface area contributed by atoms with E-state index >= 15 is 0 Å². The predicted octanol–water partition coefficient (Wildman–Crippen LogP) is 4.99. The maximum absolute atomic E-state index is 14.6. The molecule has 3 heterocycles. The Hall–Kier alpha value is -3.64. The molecule has 0 atom stereocenters. The summed E-state index contributed by atoms with van der Waals surface area (Å²) in [7, 11) is 0. The molecule has 0 unspecified atom stereocenters. The van der Waals surface area contributed by atoms with E-state index in [-0.39, 0.29) is 11.1 Å².